The fraction of sp³-hybridized carbons (Fsp3) is 0.235. The highest BCUT2D eigenvalue weighted by atomic mass is 19.1. The van der Waals surface area contributed by atoms with E-state index in [1.54, 1.807) is 18.2 Å². The van der Waals surface area contributed by atoms with Crippen LogP contribution < -0.4 is 10.6 Å². The zero-order chi connectivity index (χ0) is 16.7. The molecule has 7 heteroatoms. The molecule has 0 spiro atoms. The van der Waals surface area contributed by atoms with Gasteiger partial charge in [-0.15, -0.1) is 0 Å². The standard InChI is InChI=1S/C17H16FN5O/c1-10-8-15(21-17(19)20-10)23-7-6-14-12(9-23)16(22-24-14)11-4-2-3-5-13(11)18/h2-5,8H,6-7,9H2,1H3,(H2,19,20,21). The summed E-state index contributed by atoms with van der Waals surface area (Å²) in [5.41, 5.74) is 8.45. The van der Waals surface area contributed by atoms with Crippen molar-refractivity contribution in [2.24, 2.45) is 0 Å². The minimum atomic E-state index is -0.312. The summed E-state index contributed by atoms with van der Waals surface area (Å²) in [4.78, 5) is 10.5. The summed E-state index contributed by atoms with van der Waals surface area (Å²) in [6.45, 7) is 3.15. The van der Waals surface area contributed by atoms with Crippen molar-refractivity contribution >= 4 is 11.8 Å². The van der Waals surface area contributed by atoms with Crippen LogP contribution in [0.15, 0.2) is 34.9 Å². The zero-order valence-electron chi connectivity index (χ0n) is 13.2. The van der Waals surface area contributed by atoms with E-state index in [-0.39, 0.29) is 11.8 Å². The van der Waals surface area contributed by atoms with Crippen molar-refractivity contribution in [1.29, 1.82) is 0 Å². The summed E-state index contributed by atoms with van der Waals surface area (Å²) < 4.78 is 19.5. The first kappa shape index (κ1) is 14.6. The van der Waals surface area contributed by atoms with Crippen LogP contribution in [0, 0.1) is 12.7 Å². The first-order chi connectivity index (χ1) is 11.6. The molecule has 1 aliphatic heterocycles. The lowest BCUT2D eigenvalue weighted by Gasteiger charge is -2.27. The number of aromatic nitrogens is 3. The molecule has 2 aromatic heterocycles. The van der Waals surface area contributed by atoms with Crippen LogP contribution in [0.1, 0.15) is 17.0 Å². The third kappa shape index (κ3) is 2.47. The summed E-state index contributed by atoms with van der Waals surface area (Å²) in [7, 11) is 0. The Labute approximate surface area is 138 Å². The second-order valence-corrected chi connectivity index (χ2v) is 5.81. The Morgan fingerprint density at radius 3 is 2.88 bits per heavy atom. The lowest BCUT2D eigenvalue weighted by atomic mass is 10.0. The number of hydrogen-bond acceptors (Lipinski definition) is 6. The van der Waals surface area contributed by atoms with Gasteiger partial charge in [-0.3, -0.25) is 0 Å². The Hall–Kier alpha value is -2.96. The maximum absolute atomic E-state index is 14.1. The fourth-order valence-corrected chi connectivity index (χ4v) is 3.01. The monoisotopic (exact) mass is 325 g/mol. The minimum Gasteiger partial charge on any atom is -0.368 e. The number of fused-ring (bicyclic) bond motifs is 1. The molecule has 0 bridgehead atoms. The molecular weight excluding hydrogens is 309 g/mol. The van der Waals surface area contributed by atoms with Gasteiger partial charge in [0.15, 0.2) is 0 Å². The highest BCUT2D eigenvalue weighted by Gasteiger charge is 2.27. The average Bonchev–Trinajstić information content (AvgIpc) is 2.97. The van der Waals surface area contributed by atoms with Gasteiger partial charge in [0, 0.05) is 35.9 Å². The van der Waals surface area contributed by atoms with E-state index in [1.165, 1.54) is 6.07 Å². The number of nitrogen functional groups attached to an aromatic ring is 1. The molecule has 0 unspecified atom stereocenters. The van der Waals surface area contributed by atoms with Gasteiger partial charge >= 0.3 is 0 Å². The van der Waals surface area contributed by atoms with Crippen molar-refractivity contribution in [2.45, 2.75) is 19.9 Å². The van der Waals surface area contributed by atoms with Crippen molar-refractivity contribution in [3.8, 4) is 11.3 Å². The predicted octanol–water partition coefficient (Wildman–Crippen LogP) is 2.72. The van der Waals surface area contributed by atoms with Crippen molar-refractivity contribution in [1.82, 2.24) is 15.1 Å². The van der Waals surface area contributed by atoms with Crippen LogP contribution in [0.4, 0.5) is 16.2 Å². The van der Waals surface area contributed by atoms with Gasteiger partial charge in [-0.2, -0.15) is 4.98 Å². The van der Waals surface area contributed by atoms with E-state index >= 15 is 0 Å². The summed E-state index contributed by atoms with van der Waals surface area (Å²) in [6.07, 6.45) is 0.680. The predicted molar refractivity (Wildman–Crippen MR) is 87.8 cm³/mol. The van der Waals surface area contributed by atoms with Gasteiger partial charge in [-0.25, -0.2) is 9.37 Å². The molecule has 2 N–H and O–H groups in total. The Bertz CT molecular complexity index is 887. The largest absolute Gasteiger partial charge is 0.368 e. The summed E-state index contributed by atoms with van der Waals surface area (Å²) >= 11 is 0. The van der Waals surface area contributed by atoms with Gasteiger partial charge in [-0.1, -0.05) is 17.3 Å². The quantitative estimate of drug-likeness (QED) is 0.780. The topological polar surface area (TPSA) is 81.1 Å². The molecule has 0 fully saturated rings. The SMILES string of the molecule is Cc1cc(N2CCc3onc(-c4ccccc4F)c3C2)nc(N)n1. The van der Waals surface area contributed by atoms with Crippen LogP contribution in [0.3, 0.4) is 0 Å². The number of anilines is 2. The molecule has 1 aromatic carbocycles. The molecule has 0 saturated heterocycles. The number of aryl methyl sites for hydroxylation is 1. The summed E-state index contributed by atoms with van der Waals surface area (Å²) in [5.74, 6) is 1.48. The van der Waals surface area contributed by atoms with Gasteiger partial charge < -0.3 is 15.2 Å². The van der Waals surface area contributed by atoms with Crippen molar-refractivity contribution < 1.29 is 8.91 Å². The third-order valence-corrected chi connectivity index (χ3v) is 4.14. The van der Waals surface area contributed by atoms with Crippen LogP contribution >= 0.6 is 0 Å². The molecule has 0 aliphatic carbocycles. The van der Waals surface area contributed by atoms with Crippen LogP contribution in [-0.2, 0) is 13.0 Å². The molecule has 4 rings (SSSR count). The number of halogens is 1. The third-order valence-electron chi connectivity index (χ3n) is 4.14. The normalized spacial score (nSPS) is 13.8. The van der Waals surface area contributed by atoms with E-state index in [2.05, 4.69) is 20.0 Å². The maximum Gasteiger partial charge on any atom is 0.222 e. The molecule has 1 aliphatic rings. The van der Waals surface area contributed by atoms with Crippen molar-refractivity contribution in [3.63, 3.8) is 0 Å². The first-order valence-electron chi connectivity index (χ1n) is 7.70. The van der Waals surface area contributed by atoms with Gasteiger partial charge in [0.2, 0.25) is 5.95 Å². The number of nitrogens with two attached hydrogens (primary N) is 1. The molecule has 6 nitrogen and oxygen atoms in total. The number of nitrogens with zero attached hydrogens (tertiary/aromatic N) is 4. The summed E-state index contributed by atoms with van der Waals surface area (Å²) in [6, 6.07) is 8.46. The van der Waals surface area contributed by atoms with Gasteiger partial charge in [0.25, 0.3) is 0 Å². The van der Waals surface area contributed by atoms with E-state index in [4.69, 9.17) is 10.3 Å². The van der Waals surface area contributed by atoms with Gasteiger partial charge in [0.05, 0.1) is 6.54 Å². The fourth-order valence-electron chi connectivity index (χ4n) is 3.01. The van der Waals surface area contributed by atoms with Gasteiger partial charge in [-0.05, 0) is 19.1 Å². The average molecular weight is 325 g/mol. The van der Waals surface area contributed by atoms with E-state index in [0.717, 1.165) is 29.4 Å². The van der Waals surface area contributed by atoms with Gasteiger partial charge in [0.1, 0.15) is 23.1 Å². The second kappa shape index (κ2) is 5.59. The highest BCUT2D eigenvalue weighted by molar-refractivity contribution is 5.65. The Morgan fingerprint density at radius 2 is 2.08 bits per heavy atom. The molecule has 3 aromatic rings. The Balaban J connectivity index is 1.72. The van der Waals surface area contributed by atoms with E-state index in [1.807, 2.05) is 13.0 Å². The lowest BCUT2D eigenvalue weighted by molar-refractivity contribution is 0.378. The van der Waals surface area contributed by atoms with Crippen LogP contribution in [0.5, 0.6) is 0 Å². The summed E-state index contributed by atoms with van der Waals surface area (Å²) in [5, 5.41) is 4.09. The maximum atomic E-state index is 14.1. The Morgan fingerprint density at radius 1 is 1.25 bits per heavy atom. The minimum absolute atomic E-state index is 0.246. The molecule has 24 heavy (non-hydrogen) atoms. The van der Waals surface area contributed by atoms with Crippen LogP contribution in [0.2, 0.25) is 0 Å². The smallest absolute Gasteiger partial charge is 0.222 e. The zero-order valence-corrected chi connectivity index (χ0v) is 13.2. The lowest BCUT2D eigenvalue weighted by Crippen LogP contribution is -2.31. The second-order valence-electron chi connectivity index (χ2n) is 5.81. The van der Waals surface area contributed by atoms with Crippen molar-refractivity contribution in [3.05, 3.63) is 53.2 Å². The van der Waals surface area contributed by atoms with Crippen molar-refractivity contribution in [2.75, 3.05) is 17.2 Å². The molecular formula is C17H16FN5O. The van der Waals surface area contributed by atoms with E-state index in [9.17, 15) is 4.39 Å². The Kier molecular flexibility index (Phi) is 3.41. The first-order valence-corrected chi connectivity index (χ1v) is 7.70. The molecule has 122 valence electrons. The van der Waals surface area contributed by atoms with E-state index in [0.29, 0.717) is 24.2 Å². The molecule has 0 amide bonds. The van der Waals surface area contributed by atoms with Crippen LogP contribution in [0.25, 0.3) is 11.3 Å². The van der Waals surface area contributed by atoms with Crippen LogP contribution in [-0.4, -0.2) is 21.7 Å². The number of benzene rings is 1. The molecule has 0 radical (unpaired) electrons. The molecule has 3 heterocycles. The molecule has 0 saturated carbocycles. The highest BCUT2D eigenvalue weighted by Crippen LogP contribution is 2.32. The number of rotatable bonds is 2. The number of hydrogen-bond donors (Lipinski definition) is 1. The molecule has 0 atom stereocenters. The van der Waals surface area contributed by atoms with E-state index < -0.39 is 0 Å².